The number of guanidine groups is 1. The number of hydrogen-bond acceptors (Lipinski definition) is 7. The Hall–Kier alpha value is -2.86. The smallest absolute Gasteiger partial charge is 0.748 e. The number of phenols is 1. The summed E-state index contributed by atoms with van der Waals surface area (Å²) in [7, 11) is -4.74. The molecule has 0 fully saturated rings. The molecule has 6 bridgehead atoms. The maximum atomic E-state index is 12.9. The Morgan fingerprint density at radius 1 is 1.09 bits per heavy atom. The fraction of sp³-hybridized carbons (Fsp3) is 0.344. The van der Waals surface area contributed by atoms with Gasteiger partial charge in [0.1, 0.15) is 11.5 Å². The van der Waals surface area contributed by atoms with Crippen LogP contribution in [0, 0.1) is 11.8 Å². The maximum Gasteiger partial charge on any atom is 1.00 e. The number of nitrogens with two attached hydrogens (primary N) is 2. The van der Waals surface area contributed by atoms with E-state index >= 15 is 0 Å². The van der Waals surface area contributed by atoms with Gasteiger partial charge in [-0.1, -0.05) is 61.5 Å². The van der Waals surface area contributed by atoms with Gasteiger partial charge in [0.15, 0.2) is 5.96 Å². The van der Waals surface area contributed by atoms with Gasteiger partial charge in [-0.15, -0.1) is 0 Å². The molecule has 43 heavy (non-hydrogen) atoms. The second-order valence-electron chi connectivity index (χ2n) is 11.3. The van der Waals surface area contributed by atoms with Crippen LogP contribution < -0.4 is 45.8 Å². The molecule has 6 N–H and O–H groups in total. The van der Waals surface area contributed by atoms with Gasteiger partial charge in [0.2, 0.25) is 6.23 Å². The number of hydrogen-bond donors (Lipinski definition) is 4. The molecule has 0 saturated heterocycles. The first-order chi connectivity index (χ1) is 20.0. The van der Waals surface area contributed by atoms with E-state index in [1.165, 1.54) is 18.2 Å². The zero-order valence-corrected chi connectivity index (χ0v) is 27.2. The molecule has 0 radical (unpaired) electrons. The monoisotopic (exact) mass is 613 g/mol. The Kier molecular flexibility index (Phi) is 10.6. The molecule has 3 aliphatic heterocycles. The first-order valence-corrected chi connectivity index (χ1v) is 15.5. The number of aliphatic imine (C=N–C) groups is 1. The zero-order chi connectivity index (χ0) is 30.0. The largest absolute Gasteiger partial charge is 1.00 e. The van der Waals surface area contributed by atoms with Gasteiger partial charge in [-0.25, -0.2) is 13.4 Å². The summed E-state index contributed by atoms with van der Waals surface area (Å²) in [5.41, 5.74) is 15.5. The summed E-state index contributed by atoms with van der Waals surface area (Å²) < 4.78 is 45.0. The van der Waals surface area contributed by atoms with Crippen LogP contribution in [0.2, 0.25) is 0 Å². The SMILES string of the molecule is CC1CCc2cc3ccc2C1CC(S(=O)(=O)[O-])C(C=CC(O)c1ccc(O)cc1)Cc1ccc(cc1)C(N=C(N)N)O3.[Na+]. The van der Waals surface area contributed by atoms with Crippen LogP contribution in [0.3, 0.4) is 0 Å². The summed E-state index contributed by atoms with van der Waals surface area (Å²) in [5.74, 6) is -0.168. The zero-order valence-electron chi connectivity index (χ0n) is 24.3. The van der Waals surface area contributed by atoms with Crippen LogP contribution in [0.15, 0.2) is 83.9 Å². The van der Waals surface area contributed by atoms with Gasteiger partial charge in [-0.3, -0.25) is 0 Å². The molecule has 6 unspecified atom stereocenters. The number of phenolic OH excluding ortho intramolecular Hbond substituents is 1. The van der Waals surface area contributed by atoms with Crippen molar-refractivity contribution in [1.29, 1.82) is 0 Å². The van der Waals surface area contributed by atoms with Gasteiger partial charge in [0.25, 0.3) is 0 Å². The number of nitrogens with zero attached hydrogens (tertiary/aromatic N) is 1. The summed E-state index contributed by atoms with van der Waals surface area (Å²) in [5, 5.41) is 19.2. The molecular weight excluding hydrogens is 577 g/mol. The van der Waals surface area contributed by atoms with Crippen LogP contribution in [-0.4, -0.2) is 34.4 Å². The van der Waals surface area contributed by atoms with Gasteiger partial charge in [-0.2, -0.15) is 0 Å². The van der Waals surface area contributed by atoms with Crippen LogP contribution >= 0.6 is 0 Å². The van der Waals surface area contributed by atoms with Crippen molar-refractivity contribution in [2.75, 3.05) is 0 Å². The van der Waals surface area contributed by atoms with Crippen molar-refractivity contribution in [1.82, 2.24) is 0 Å². The minimum atomic E-state index is -4.74. The molecule has 0 amide bonds. The average Bonchev–Trinajstić information content (AvgIpc) is 2.95. The Bertz CT molecular complexity index is 1570. The van der Waals surface area contributed by atoms with E-state index in [1.807, 2.05) is 42.5 Å². The molecule has 1 aliphatic carbocycles. The van der Waals surface area contributed by atoms with Crippen LogP contribution in [-0.2, 0) is 23.0 Å². The predicted octanol–water partition coefficient (Wildman–Crippen LogP) is 1.18. The van der Waals surface area contributed by atoms with E-state index in [2.05, 4.69) is 11.9 Å². The van der Waals surface area contributed by atoms with Gasteiger partial charge in [-0.05, 0) is 90.0 Å². The van der Waals surface area contributed by atoms with Gasteiger partial charge >= 0.3 is 29.6 Å². The van der Waals surface area contributed by atoms with Crippen LogP contribution in [0.4, 0.5) is 0 Å². The van der Waals surface area contributed by atoms with Gasteiger partial charge in [0, 0.05) is 5.56 Å². The third kappa shape index (κ3) is 8.00. The summed E-state index contributed by atoms with van der Waals surface area (Å²) in [6.45, 7) is 2.09. The number of aliphatic hydroxyl groups is 1. The number of ether oxygens (including phenoxy) is 1. The van der Waals surface area contributed by atoms with Crippen LogP contribution in [0.25, 0.3) is 0 Å². The van der Waals surface area contributed by atoms with Gasteiger partial charge in [0.05, 0.1) is 21.5 Å². The molecule has 0 aromatic heterocycles. The van der Waals surface area contributed by atoms with Crippen molar-refractivity contribution in [2.24, 2.45) is 28.3 Å². The van der Waals surface area contributed by atoms with Crippen molar-refractivity contribution in [3.8, 4) is 11.5 Å². The van der Waals surface area contributed by atoms with Crippen molar-refractivity contribution in [3.05, 3.63) is 107 Å². The second kappa shape index (κ2) is 13.8. The molecule has 0 spiro atoms. The van der Waals surface area contributed by atoms with E-state index in [-0.39, 0.29) is 65.9 Å². The quantitative estimate of drug-likeness (QED) is 0.109. The number of benzene rings is 3. The van der Waals surface area contributed by atoms with Crippen LogP contribution in [0.5, 0.6) is 11.5 Å². The minimum absolute atomic E-state index is 0. The summed E-state index contributed by atoms with van der Waals surface area (Å²) in [6.07, 6.45) is 3.37. The van der Waals surface area contributed by atoms with E-state index in [9.17, 15) is 23.2 Å². The standard InChI is InChI=1S/C32H37N3O6S.Na/c1-19-2-5-23-17-26-13-14-27(23)28(19)18-30(42(38,39)40)24(10-15-29(37)21-8-11-25(36)12-9-21)16-20-3-6-22(7-4-20)31(41-26)35-32(33)34;/h3-4,6-15,17,19,24,28-31,36-37H,2,5,16,18H2,1H3,(H4,33,34,35)(H,38,39,40);/q;+1/p-1. The summed E-state index contributed by atoms with van der Waals surface area (Å²) in [6, 6.07) is 19.2. The average molecular weight is 614 g/mol. The van der Waals surface area contributed by atoms with E-state index in [4.69, 9.17) is 16.2 Å². The third-order valence-corrected chi connectivity index (χ3v) is 9.71. The molecule has 0 saturated carbocycles. The van der Waals surface area contributed by atoms with E-state index in [1.54, 1.807) is 18.2 Å². The topological polar surface area (TPSA) is 171 Å². The maximum absolute atomic E-state index is 12.9. The first-order valence-electron chi connectivity index (χ1n) is 14.0. The molecule has 4 aliphatic rings. The molecule has 9 nitrogen and oxygen atoms in total. The molecule has 222 valence electrons. The number of allylic oxidation sites excluding steroid dienone is 1. The second-order valence-corrected chi connectivity index (χ2v) is 12.9. The Labute approximate surface area is 274 Å². The van der Waals surface area contributed by atoms with Crippen molar-refractivity contribution in [2.45, 2.75) is 56.1 Å². The number of rotatable bonds is 5. The van der Waals surface area contributed by atoms with Crippen LogP contribution in [0.1, 0.15) is 65.8 Å². The molecule has 3 aromatic rings. The van der Waals surface area contributed by atoms with E-state index < -0.39 is 33.6 Å². The molecule has 3 aromatic carbocycles. The molecule has 6 atom stereocenters. The number of aromatic hydroxyl groups is 1. The molecule has 3 heterocycles. The molecule has 7 rings (SSSR count). The summed E-state index contributed by atoms with van der Waals surface area (Å²) in [4.78, 5) is 4.29. The number of aryl methyl sites for hydroxylation is 1. The third-order valence-electron chi connectivity index (χ3n) is 8.43. The van der Waals surface area contributed by atoms with E-state index in [0.717, 1.165) is 29.5 Å². The molecule has 11 heteroatoms. The Morgan fingerprint density at radius 3 is 2.44 bits per heavy atom. The normalized spacial score (nSPS) is 24.3. The Morgan fingerprint density at radius 2 is 1.79 bits per heavy atom. The van der Waals surface area contributed by atoms with E-state index in [0.29, 0.717) is 16.9 Å². The Balaban J connectivity index is 0.00000423. The minimum Gasteiger partial charge on any atom is -0.748 e. The molecular formula is C32H36N3NaO6S. The first kappa shape index (κ1) is 33.0. The fourth-order valence-corrected chi connectivity index (χ4v) is 7.18. The number of aliphatic hydroxyl groups excluding tert-OH is 1. The summed E-state index contributed by atoms with van der Waals surface area (Å²) >= 11 is 0. The fourth-order valence-electron chi connectivity index (χ4n) is 6.12. The van der Waals surface area contributed by atoms with Crippen molar-refractivity contribution < 1.29 is 57.5 Å². The van der Waals surface area contributed by atoms with Gasteiger partial charge < -0.3 is 31.0 Å². The van der Waals surface area contributed by atoms with Crippen molar-refractivity contribution in [3.63, 3.8) is 0 Å². The van der Waals surface area contributed by atoms with Crippen molar-refractivity contribution >= 4 is 16.1 Å². The number of fused-ring (bicyclic) bond motifs is 2. The predicted molar refractivity (Wildman–Crippen MR) is 160 cm³/mol.